The Kier molecular flexibility index (Phi) is 3.20. The third-order valence-corrected chi connectivity index (χ3v) is 3.39. The molecule has 1 aromatic rings. The molecule has 1 atom stereocenters. The molecule has 0 spiro atoms. The maximum absolute atomic E-state index is 12.0. The fraction of sp³-hybridized carbons (Fsp3) is 0.385. The molecule has 1 aliphatic rings. The first kappa shape index (κ1) is 12.1. The highest BCUT2D eigenvalue weighted by molar-refractivity contribution is 6.26. The quantitative estimate of drug-likeness (QED) is 0.598. The van der Waals surface area contributed by atoms with Gasteiger partial charge < -0.3 is 0 Å². The summed E-state index contributed by atoms with van der Waals surface area (Å²) >= 11 is 5.69. The molecule has 4 heteroatoms. The third kappa shape index (κ3) is 2.07. The van der Waals surface area contributed by atoms with E-state index >= 15 is 0 Å². The summed E-state index contributed by atoms with van der Waals surface area (Å²) in [6.07, 6.45) is 0.218. The Balaban J connectivity index is 2.40. The number of amides is 2. The van der Waals surface area contributed by atoms with Crippen LogP contribution < -0.4 is 4.90 Å². The predicted molar refractivity (Wildman–Crippen MR) is 67.2 cm³/mol. The number of aryl methyl sites for hydroxylation is 2. The highest BCUT2D eigenvalue weighted by Gasteiger charge is 2.39. The number of rotatable bonds is 2. The first-order valence-electron chi connectivity index (χ1n) is 5.54. The van der Waals surface area contributed by atoms with E-state index in [4.69, 9.17) is 11.6 Å². The Morgan fingerprint density at radius 2 is 2.06 bits per heavy atom. The van der Waals surface area contributed by atoms with E-state index in [1.165, 1.54) is 4.90 Å². The molecule has 0 radical (unpaired) electrons. The Morgan fingerprint density at radius 1 is 1.35 bits per heavy atom. The standard InChI is InChI=1S/C13H14ClNO2/c1-8-3-4-11(9(2)5-8)15-12(16)6-10(7-14)13(15)17/h3-5,10H,6-7H2,1-2H3. The van der Waals surface area contributed by atoms with Gasteiger partial charge in [0, 0.05) is 12.3 Å². The smallest absolute Gasteiger partial charge is 0.238 e. The van der Waals surface area contributed by atoms with Crippen LogP contribution in [0, 0.1) is 19.8 Å². The molecular formula is C13H14ClNO2. The van der Waals surface area contributed by atoms with Crippen LogP contribution in [0.25, 0.3) is 0 Å². The molecule has 0 bridgehead atoms. The summed E-state index contributed by atoms with van der Waals surface area (Å²) in [5.74, 6) is -0.513. The van der Waals surface area contributed by atoms with E-state index in [-0.39, 0.29) is 30.0 Å². The van der Waals surface area contributed by atoms with Crippen LogP contribution in [0.5, 0.6) is 0 Å². The molecule has 2 amide bonds. The molecule has 1 heterocycles. The van der Waals surface area contributed by atoms with E-state index in [0.29, 0.717) is 5.69 Å². The number of hydrogen-bond acceptors (Lipinski definition) is 2. The van der Waals surface area contributed by atoms with Gasteiger partial charge in [-0.25, -0.2) is 0 Å². The maximum Gasteiger partial charge on any atom is 0.238 e. The van der Waals surface area contributed by atoms with E-state index in [9.17, 15) is 9.59 Å². The molecule has 0 aliphatic carbocycles. The van der Waals surface area contributed by atoms with E-state index in [1.54, 1.807) is 0 Å². The number of benzene rings is 1. The average Bonchev–Trinajstić information content (AvgIpc) is 2.55. The molecule has 1 aromatic carbocycles. The Bertz CT molecular complexity index is 484. The number of alkyl halides is 1. The van der Waals surface area contributed by atoms with Gasteiger partial charge in [-0.05, 0) is 25.5 Å². The maximum atomic E-state index is 12.0. The van der Waals surface area contributed by atoms with Gasteiger partial charge in [-0.2, -0.15) is 0 Å². The van der Waals surface area contributed by atoms with Gasteiger partial charge in [-0.1, -0.05) is 17.7 Å². The summed E-state index contributed by atoms with van der Waals surface area (Å²) in [5.41, 5.74) is 2.72. The lowest BCUT2D eigenvalue weighted by atomic mass is 10.1. The number of imide groups is 1. The van der Waals surface area contributed by atoms with Crippen LogP contribution in [0.4, 0.5) is 5.69 Å². The van der Waals surface area contributed by atoms with Crippen molar-refractivity contribution in [3.63, 3.8) is 0 Å². The topological polar surface area (TPSA) is 37.4 Å². The summed E-state index contributed by atoms with van der Waals surface area (Å²) in [6, 6.07) is 5.68. The average molecular weight is 252 g/mol. The summed E-state index contributed by atoms with van der Waals surface area (Å²) in [7, 11) is 0. The van der Waals surface area contributed by atoms with E-state index in [1.807, 2.05) is 32.0 Å². The van der Waals surface area contributed by atoms with Crippen molar-refractivity contribution in [3.05, 3.63) is 29.3 Å². The number of anilines is 1. The van der Waals surface area contributed by atoms with Crippen molar-refractivity contribution in [2.45, 2.75) is 20.3 Å². The second kappa shape index (κ2) is 4.49. The van der Waals surface area contributed by atoms with Crippen LogP contribution >= 0.6 is 11.6 Å². The van der Waals surface area contributed by atoms with Crippen LogP contribution in [-0.2, 0) is 9.59 Å². The number of halogens is 1. The lowest BCUT2D eigenvalue weighted by Crippen LogP contribution is -2.31. The van der Waals surface area contributed by atoms with Crippen molar-refractivity contribution in [2.75, 3.05) is 10.8 Å². The molecule has 1 saturated heterocycles. The molecule has 1 unspecified atom stereocenters. The van der Waals surface area contributed by atoms with Gasteiger partial charge in [0.05, 0.1) is 11.6 Å². The summed E-state index contributed by atoms with van der Waals surface area (Å²) in [4.78, 5) is 25.1. The van der Waals surface area contributed by atoms with Gasteiger partial charge in [-0.15, -0.1) is 11.6 Å². The van der Waals surface area contributed by atoms with Gasteiger partial charge in [0.25, 0.3) is 0 Å². The van der Waals surface area contributed by atoms with E-state index in [0.717, 1.165) is 11.1 Å². The van der Waals surface area contributed by atoms with Crippen molar-refractivity contribution in [3.8, 4) is 0 Å². The zero-order chi connectivity index (χ0) is 12.6. The third-order valence-electron chi connectivity index (χ3n) is 3.02. The molecule has 90 valence electrons. The summed E-state index contributed by atoms with van der Waals surface area (Å²) < 4.78 is 0. The number of carbonyl (C=O) groups excluding carboxylic acids is 2. The molecule has 1 fully saturated rings. The van der Waals surface area contributed by atoms with Gasteiger partial charge in [0.15, 0.2) is 0 Å². The summed E-state index contributed by atoms with van der Waals surface area (Å²) in [5, 5.41) is 0. The van der Waals surface area contributed by atoms with Crippen LogP contribution in [0.1, 0.15) is 17.5 Å². The number of nitrogens with zero attached hydrogens (tertiary/aromatic N) is 1. The molecule has 2 rings (SSSR count). The lowest BCUT2D eigenvalue weighted by molar-refractivity contribution is -0.122. The number of hydrogen-bond donors (Lipinski definition) is 0. The Hall–Kier alpha value is -1.35. The first-order chi connectivity index (χ1) is 8.04. The minimum absolute atomic E-state index is 0.160. The van der Waals surface area contributed by atoms with Crippen LogP contribution in [-0.4, -0.2) is 17.7 Å². The molecule has 0 aromatic heterocycles. The predicted octanol–water partition coefficient (Wildman–Crippen LogP) is 2.42. The van der Waals surface area contributed by atoms with Crippen LogP contribution in [0.15, 0.2) is 18.2 Å². The summed E-state index contributed by atoms with van der Waals surface area (Å²) in [6.45, 7) is 3.88. The van der Waals surface area contributed by atoms with Crippen LogP contribution in [0.3, 0.4) is 0 Å². The second-order valence-corrected chi connectivity index (χ2v) is 4.72. The van der Waals surface area contributed by atoms with Gasteiger partial charge in [-0.3, -0.25) is 14.5 Å². The lowest BCUT2D eigenvalue weighted by Gasteiger charge is -2.17. The molecular weight excluding hydrogens is 238 g/mol. The van der Waals surface area contributed by atoms with Gasteiger partial charge >= 0.3 is 0 Å². The first-order valence-corrected chi connectivity index (χ1v) is 6.08. The highest BCUT2D eigenvalue weighted by atomic mass is 35.5. The van der Waals surface area contributed by atoms with Crippen molar-refractivity contribution >= 4 is 29.1 Å². The van der Waals surface area contributed by atoms with E-state index in [2.05, 4.69) is 0 Å². The Morgan fingerprint density at radius 3 is 2.59 bits per heavy atom. The van der Waals surface area contributed by atoms with Crippen molar-refractivity contribution in [1.29, 1.82) is 0 Å². The zero-order valence-corrected chi connectivity index (χ0v) is 10.6. The minimum Gasteiger partial charge on any atom is -0.274 e. The van der Waals surface area contributed by atoms with E-state index < -0.39 is 0 Å². The molecule has 17 heavy (non-hydrogen) atoms. The second-order valence-electron chi connectivity index (χ2n) is 4.41. The molecule has 0 saturated carbocycles. The highest BCUT2D eigenvalue weighted by Crippen LogP contribution is 2.29. The van der Waals surface area contributed by atoms with Crippen molar-refractivity contribution in [2.24, 2.45) is 5.92 Å². The SMILES string of the molecule is Cc1ccc(N2C(=O)CC(CCl)C2=O)c(C)c1. The van der Waals surface area contributed by atoms with Crippen LogP contribution in [0.2, 0.25) is 0 Å². The molecule has 0 N–H and O–H groups in total. The normalized spacial score (nSPS) is 20.2. The zero-order valence-electron chi connectivity index (χ0n) is 9.87. The van der Waals surface area contributed by atoms with Gasteiger partial charge in [0.1, 0.15) is 0 Å². The largest absolute Gasteiger partial charge is 0.274 e. The molecule has 3 nitrogen and oxygen atoms in total. The fourth-order valence-electron chi connectivity index (χ4n) is 2.12. The molecule has 1 aliphatic heterocycles. The number of carbonyl (C=O) groups is 2. The van der Waals surface area contributed by atoms with Crippen molar-refractivity contribution in [1.82, 2.24) is 0 Å². The Labute approximate surface area is 105 Å². The minimum atomic E-state index is -0.370. The van der Waals surface area contributed by atoms with Crippen molar-refractivity contribution < 1.29 is 9.59 Å². The van der Waals surface area contributed by atoms with Gasteiger partial charge in [0.2, 0.25) is 11.8 Å². The fourth-order valence-corrected chi connectivity index (χ4v) is 2.37. The monoisotopic (exact) mass is 251 g/mol.